The first-order valence-corrected chi connectivity index (χ1v) is 7.14. The maximum absolute atomic E-state index is 12.1. The fraction of sp³-hybridized carbons (Fsp3) is 0.267. The van der Waals surface area contributed by atoms with Crippen molar-refractivity contribution in [3.63, 3.8) is 0 Å². The summed E-state index contributed by atoms with van der Waals surface area (Å²) in [7, 11) is 0. The number of nitriles is 1. The molecule has 10 heteroatoms. The molecule has 132 valence electrons. The number of carbonyl (C=O) groups is 1. The Labute approximate surface area is 141 Å². The van der Waals surface area contributed by atoms with Crippen LogP contribution in [0.5, 0.6) is 5.75 Å². The Balaban J connectivity index is 1.90. The van der Waals surface area contributed by atoms with E-state index in [1.165, 1.54) is 28.9 Å². The van der Waals surface area contributed by atoms with Crippen LogP contribution in [-0.4, -0.2) is 28.6 Å². The van der Waals surface area contributed by atoms with Crippen LogP contribution in [0.2, 0.25) is 0 Å². The third-order valence-electron chi connectivity index (χ3n) is 2.83. The van der Waals surface area contributed by atoms with Crippen LogP contribution in [0.3, 0.4) is 0 Å². The lowest BCUT2D eigenvalue weighted by atomic mass is 10.3. The van der Waals surface area contributed by atoms with Gasteiger partial charge in [0.25, 0.3) is 0 Å². The van der Waals surface area contributed by atoms with Gasteiger partial charge in [0, 0.05) is 24.0 Å². The van der Waals surface area contributed by atoms with Crippen LogP contribution in [-0.2, 0) is 6.54 Å². The van der Waals surface area contributed by atoms with Gasteiger partial charge in [-0.2, -0.15) is 23.5 Å². The Morgan fingerprint density at radius 3 is 2.84 bits per heavy atom. The van der Waals surface area contributed by atoms with Crippen molar-refractivity contribution in [2.75, 3.05) is 17.2 Å². The maximum Gasteiger partial charge on any atom is 0.422 e. The van der Waals surface area contributed by atoms with Gasteiger partial charge < -0.3 is 10.1 Å². The Hall–Kier alpha value is -3.22. The molecule has 0 radical (unpaired) electrons. The summed E-state index contributed by atoms with van der Waals surface area (Å²) >= 11 is 0. The normalized spacial score (nSPS) is 10.8. The molecule has 7 nitrogen and oxygen atoms in total. The molecule has 0 saturated heterocycles. The van der Waals surface area contributed by atoms with Gasteiger partial charge in [-0.05, 0) is 12.1 Å². The number of nitrogens with zero attached hydrogens (tertiary/aromatic N) is 3. The standard InChI is InChI=1S/C15H14F3N5O2/c16-15(17,18)10-25-12-4-1-3-11(9-12)20-14(24)21-13-5-8-23(22-13)7-2-6-19/h1,3-5,8-9H,2,7,10H2,(H2,20,21,22,24). The number of nitrogens with one attached hydrogen (secondary N) is 2. The summed E-state index contributed by atoms with van der Waals surface area (Å²) < 4.78 is 42.5. The second kappa shape index (κ2) is 8.05. The first kappa shape index (κ1) is 18.1. The molecule has 0 atom stereocenters. The molecule has 1 heterocycles. The van der Waals surface area contributed by atoms with Gasteiger partial charge in [0.2, 0.25) is 0 Å². The van der Waals surface area contributed by atoms with Crippen molar-refractivity contribution < 1.29 is 22.7 Å². The minimum atomic E-state index is -4.44. The number of amides is 2. The minimum absolute atomic E-state index is 0.0177. The molecular formula is C15H14F3N5O2. The van der Waals surface area contributed by atoms with E-state index in [0.717, 1.165) is 0 Å². The minimum Gasteiger partial charge on any atom is -0.484 e. The molecule has 2 aromatic rings. The first-order valence-electron chi connectivity index (χ1n) is 7.14. The molecule has 2 N–H and O–H groups in total. The summed E-state index contributed by atoms with van der Waals surface area (Å²) in [5.74, 6) is 0.260. The Morgan fingerprint density at radius 1 is 1.32 bits per heavy atom. The number of carbonyl (C=O) groups excluding carboxylic acids is 1. The van der Waals surface area contributed by atoms with Crippen molar-refractivity contribution in [3.8, 4) is 11.8 Å². The average molecular weight is 353 g/mol. The smallest absolute Gasteiger partial charge is 0.422 e. The van der Waals surface area contributed by atoms with Crippen LogP contribution >= 0.6 is 0 Å². The molecule has 0 saturated carbocycles. The van der Waals surface area contributed by atoms with Crippen LogP contribution in [0.25, 0.3) is 0 Å². The van der Waals surface area contributed by atoms with Crippen molar-refractivity contribution in [2.24, 2.45) is 0 Å². The molecule has 0 aliphatic rings. The van der Waals surface area contributed by atoms with E-state index < -0.39 is 18.8 Å². The van der Waals surface area contributed by atoms with E-state index in [0.29, 0.717) is 6.54 Å². The average Bonchev–Trinajstić information content (AvgIpc) is 2.98. The van der Waals surface area contributed by atoms with E-state index in [1.807, 2.05) is 6.07 Å². The van der Waals surface area contributed by atoms with E-state index in [9.17, 15) is 18.0 Å². The molecule has 25 heavy (non-hydrogen) atoms. The summed E-state index contributed by atoms with van der Waals surface area (Å²) in [6.07, 6.45) is -2.54. The van der Waals surface area contributed by atoms with Crippen molar-refractivity contribution in [3.05, 3.63) is 36.5 Å². The summed E-state index contributed by atoms with van der Waals surface area (Å²) in [5, 5.41) is 17.5. The number of aryl methyl sites for hydroxylation is 1. The molecule has 0 aliphatic heterocycles. The third kappa shape index (κ3) is 6.42. The number of rotatable bonds is 6. The molecular weight excluding hydrogens is 339 g/mol. The van der Waals surface area contributed by atoms with E-state index >= 15 is 0 Å². The van der Waals surface area contributed by atoms with E-state index in [4.69, 9.17) is 5.26 Å². The molecule has 0 fully saturated rings. The largest absolute Gasteiger partial charge is 0.484 e. The van der Waals surface area contributed by atoms with Gasteiger partial charge in [-0.15, -0.1) is 0 Å². The highest BCUT2D eigenvalue weighted by molar-refractivity contribution is 5.99. The van der Waals surface area contributed by atoms with Crippen LogP contribution in [0.4, 0.5) is 29.5 Å². The van der Waals surface area contributed by atoms with Crippen molar-refractivity contribution >= 4 is 17.5 Å². The van der Waals surface area contributed by atoms with Crippen molar-refractivity contribution in [1.29, 1.82) is 5.26 Å². The van der Waals surface area contributed by atoms with Gasteiger partial charge in [-0.1, -0.05) is 6.07 Å². The summed E-state index contributed by atoms with van der Waals surface area (Å²) in [5.41, 5.74) is 0.265. The number of benzene rings is 1. The fourth-order valence-corrected chi connectivity index (χ4v) is 1.82. The first-order chi connectivity index (χ1) is 11.9. The molecule has 1 aromatic heterocycles. The lowest BCUT2D eigenvalue weighted by molar-refractivity contribution is -0.153. The van der Waals surface area contributed by atoms with Gasteiger partial charge >= 0.3 is 12.2 Å². The molecule has 2 amide bonds. The van der Waals surface area contributed by atoms with Crippen LogP contribution < -0.4 is 15.4 Å². The molecule has 2 rings (SSSR count). The molecule has 0 bridgehead atoms. The SMILES string of the molecule is N#CCCn1ccc(NC(=O)Nc2cccc(OCC(F)(F)F)c2)n1. The van der Waals surface area contributed by atoms with Crippen molar-refractivity contribution in [2.45, 2.75) is 19.1 Å². The molecule has 0 spiro atoms. The number of anilines is 2. The van der Waals surface area contributed by atoms with E-state index in [1.54, 1.807) is 12.3 Å². The van der Waals surface area contributed by atoms with E-state index in [2.05, 4.69) is 20.5 Å². The lowest BCUT2D eigenvalue weighted by Crippen LogP contribution is -2.20. The third-order valence-corrected chi connectivity index (χ3v) is 2.83. The van der Waals surface area contributed by atoms with Gasteiger partial charge in [0.1, 0.15) is 5.75 Å². The quantitative estimate of drug-likeness (QED) is 0.833. The number of ether oxygens (including phenoxy) is 1. The van der Waals surface area contributed by atoms with Gasteiger partial charge in [0.15, 0.2) is 12.4 Å². The Kier molecular flexibility index (Phi) is 5.84. The second-order valence-corrected chi connectivity index (χ2v) is 4.88. The van der Waals surface area contributed by atoms with Gasteiger partial charge in [-0.3, -0.25) is 10.00 Å². The summed E-state index contributed by atoms with van der Waals surface area (Å²) in [4.78, 5) is 11.9. The monoisotopic (exact) mass is 353 g/mol. The zero-order valence-electron chi connectivity index (χ0n) is 12.9. The van der Waals surface area contributed by atoms with Crippen LogP contribution in [0, 0.1) is 11.3 Å². The van der Waals surface area contributed by atoms with Crippen LogP contribution in [0.15, 0.2) is 36.5 Å². The lowest BCUT2D eigenvalue weighted by Gasteiger charge is -2.11. The Bertz CT molecular complexity index is 767. The molecule has 1 aromatic carbocycles. The molecule has 0 aliphatic carbocycles. The summed E-state index contributed by atoms with van der Waals surface area (Å²) in [6.45, 7) is -1.01. The van der Waals surface area contributed by atoms with Crippen molar-refractivity contribution in [1.82, 2.24) is 9.78 Å². The second-order valence-electron chi connectivity index (χ2n) is 4.88. The molecule has 0 unspecified atom stereocenters. The summed E-state index contributed by atoms with van der Waals surface area (Å²) in [6, 6.07) is 8.51. The number of hydrogen-bond acceptors (Lipinski definition) is 4. The predicted molar refractivity (Wildman–Crippen MR) is 83.1 cm³/mol. The number of urea groups is 1. The highest BCUT2D eigenvalue weighted by atomic mass is 19.4. The fourth-order valence-electron chi connectivity index (χ4n) is 1.82. The topological polar surface area (TPSA) is 92.0 Å². The zero-order chi connectivity index (χ0) is 18.3. The highest BCUT2D eigenvalue weighted by Crippen LogP contribution is 2.21. The number of hydrogen-bond donors (Lipinski definition) is 2. The zero-order valence-corrected chi connectivity index (χ0v) is 12.9. The van der Waals surface area contributed by atoms with Crippen LogP contribution in [0.1, 0.15) is 6.42 Å². The van der Waals surface area contributed by atoms with E-state index in [-0.39, 0.29) is 23.7 Å². The number of halogens is 3. The number of alkyl halides is 3. The Morgan fingerprint density at radius 2 is 2.12 bits per heavy atom. The highest BCUT2D eigenvalue weighted by Gasteiger charge is 2.28. The van der Waals surface area contributed by atoms with Gasteiger partial charge in [-0.25, -0.2) is 4.79 Å². The van der Waals surface area contributed by atoms with Gasteiger partial charge in [0.05, 0.1) is 19.0 Å². The predicted octanol–water partition coefficient (Wildman–Crippen LogP) is 3.38. The maximum atomic E-state index is 12.1. The number of aromatic nitrogens is 2.